The molecule has 0 bridgehead atoms. The highest BCUT2D eigenvalue weighted by Crippen LogP contribution is 2.38. The number of carbonyl (C=O) groups excluding carboxylic acids is 1. The number of carbonyl (C=O) groups is 1. The molecule has 3 rings (SSSR count). The molecule has 0 aliphatic carbocycles. The van der Waals surface area contributed by atoms with E-state index in [1.165, 1.54) is 31.3 Å². The van der Waals surface area contributed by atoms with E-state index in [0.29, 0.717) is 29.6 Å². The van der Waals surface area contributed by atoms with Gasteiger partial charge < -0.3 is 30.2 Å². The number of guanidine groups is 1. The molecule has 0 spiro atoms. The number of ether oxygens (including phenoxy) is 3. The summed E-state index contributed by atoms with van der Waals surface area (Å²) in [5, 5.41) is 8.52. The molecule has 1 heterocycles. The molecule has 1 aliphatic rings. The van der Waals surface area contributed by atoms with Crippen LogP contribution in [-0.4, -0.2) is 45.4 Å². The summed E-state index contributed by atoms with van der Waals surface area (Å²) >= 11 is 0. The number of nitrogens with zero attached hydrogens (tertiary/aromatic N) is 1. The number of nitrogens with one attached hydrogen (secondary N) is 3. The van der Waals surface area contributed by atoms with Gasteiger partial charge in [-0.2, -0.15) is 8.78 Å². The third-order valence-electron chi connectivity index (χ3n) is 4.26. The average Bonchev–Trinajstić information content (AvgIpc) is 3.20. The molecular weight excluding hydrogens is 417 g/mol. The summed E-state index contributed by atoms with van der Waals surface area (Å²) in [6.45, 7) is -2.38. The van der Waals surface area contributed by atoms with E-state index in [2.05, 4.69) is 25.7 Å². The van der Waals surface area contributed by atoms with Gasteiger partial charge in [-0.3, -0.25) is 9.79 Å². The van der Waals surface area contributed by atoms with Crippen molar-refractivity contribution in [1.82, 2.24) is 16.0 Å². The van der Waals surface area contributed by atoms with Crippen LogP contribution in [0.1, 0.15) is 15.9 Å². The van der Waals surface area contributed by atoms with Gasteiger partial charge in [0.1, 0.15) is 11.6 Å². The van der Waals surface area contributed by atoms with Crippen LogP contribution in [0.15, 0.2) is 41.4 Å². The van der Waals surface area contributed by atoms with E-state index >= 15 is 0 Å². The van der Waals surface area contributed by atoms with Gasteiger partial charge in [0, 0.05) is 38.3 Å². The van der Waals surface area contributed by atoms with E-state index < -0.39 is 18.3 Å². The fourth-order valence-electron chi connectivity index (χ4n) is 2.81. The standard InChI is InChI=1S/C20H21F3N4O4/c1-24-20(26-7-6-25-18(28)13-4-2-3-5-14(13)21)27-10-12-8-16-17(30-11-29-16)9-15(12)31-19(22)23/h2-5,8-9,19H,6-7,10-11H2,1H3,(H,25,28)(H2,24,26,27). The minimum absolute atomic E-state index is 0.00214. The topological polar surface area (TPSA) is 93.2 Å². The Morgan fingerprint density at radius 1 is 1.13 bits per heavy atom. The molecule has 166 valence electrons. The van der Waals surface area contributed by atoms with Gasteiger partial charge in [-0.25, -0.2) is 4.39 Å². The number of halogens is 3. The fraction of sp³-hybridized carbons (Fsp3) is 0.300. The van der Waals surface area contributed by atoms with E-state index in [0.717, 1.165) is 0 Å². The van der Waals surface area contributed by atoms with Gasteiger partial charge in [-0.15, -0.1) is 0 Å². The van der Waals surface area contributed by atoms with Crippen molar-refractivity contribution in [1.29, 1.82) is 0 Å². The zero-order valence-corrected chi connectivity index (χ0v) is 16.6. The van der Waals surface area contributed by atoms with Crippen molar-refractivity contribution < 1.29 is 32.2 Å². The molecule has 0 aromatic heterocycles. The summed E-state index contributed by atoms with van der Waals surface area (Å²) in [4.78, 5) is 16.0. The Balaban J connectivity index is 1.51. The number of alkyl halides is 2. The molecule has 2 aromatic carbocycles. The van der Waals surface area contributed by atoms with Crippen LogP contribution >= 0.6 is 0 Å². The zero-order chi connectivity index (χ0) is 22.2. The van der Waals surface area contributed by atoms with Crippen LogP contribution in [-0.2, 0) is 6.54 Å². The molecule has 0 atom stereocenters. The molecule has 0 saturated carbocycles. The smallest absolute Gasteiger partial charge is 0.387 e. The van der Waals surface area contributed by atoms with Crippen molar-refractivity contribution in [2.75, 3.05) is 26.9 Å². The number of aliphatic imine (C=N–C) groups is 1. The lowest BCUT2D eigenvalue weighted by Crippen LogP contribution is -2.41. The summed E-state index contributed by atoms with van der Waals surface area (Å²) in [6, 6.07) is 8.57. The Kier molecular flexibility index (Phi) is 7.41. The van der Waals surface area contributed by atoms with E-state index in [1.54, 1.807) is 12.1 Å². The first-order valence-corrected chi connectivity index (χ1v) is 9.32. The summed E-state index contributed by atoms with van der Waals surface area (Å²) in [5.74, 6) is -0.0575. The van der Waals surface area contributed by atoms with E-state index in [1.807, 2.05) is 0 Å². The van der Waals surface area contributed by atoms with Crippen molar-refractivity contribution in [2.45, 2.75) is 13.2 Å². The van der Waals surface area contributed by atoms with Gasteiger partial charge in [-0.1, -0.05) is 12.1 Å². The van der Waals surface area contributed by atoms with Gasteiger partial charge >= 0.3 is 6.61 Å². The Labute approximate surface area is 176 Å². The second-order valence-corrected chi connectivity index (χ2v) is 6.28. The number of fused-ring (bicyclic) bond motifs is 1. The maximum atomic E-state index is 13.6. The molecule has 0 fully saturated rings. The summed E-state index contributed by atoms with van der Waals surface area (Å²) in [7, 11) is 1.53. The van der Waals surface area contributed by atoms with Crippen LogP contribution < -0.4 is 30.2 Å². The van der Waals surface area contributed by atoms with E-state index in [-0.39, 0.29) is 31.2 Å². The molecule has 31 heavy (non-hydrogen) atoms. The average molecular weight is 438 g/mol. The molecule has 0 unspecified atom stereocenters. The van der Waals surface area contributed by atoms with Crippen LogP contribution in [0.25, 0.3) is 0 Å². The molecule has 8 nitrogen and oxygen atoms in total. The lowest BCUT2D eigenvalue weighted by molar-refractivity contribution is -0.0505. The highest BCUT2D eigenvalue weighted by Gasteiger charge is 2.20. The maximum absolute atomic E-state index is 13.6. The third-order valence-corrected chi connectivity index (χ3v) is 4.26. The van der Waals surface area contributed by atoms with Crippen LogP contribution in [0.4, 0.5) is 13.2 Å². The predicted molar refractivity (Wildman–Crippen MR) is 106 cm³/mol. The van der Waals surface area contributed by atoms with Gasteiger partial charge in [0.25, 0.3) is 5.91 Å². The molecule has 11 heteroatoms. The van der Waals surface area contributed by atoms with Gasteiger partial charge in [0.15, 0.2) is 17.5 Å². The predicted octanol–water partition coefficient (Wildman–Crippen LogP) is 2.25. The highest BCUT2D eigenvalue weighted by molar-refractivity contribution is 5.94. The summed E-state index contributed by atoms with van der Waals surface area (Å²) in [6.07, 6.45) is 0. The number of benzene rings is 2. The summed E-state index contributed by atoms with van der Waals surface area (Å²) < 4.78 is 54.1. The first kappa shape index (κ1) is 22.1. The molecule has 1 aliphatic heterocycles. The van der Waals surface area contributed by atoms with Crippen molar-refractivity contribution >= 4 is 11.9 Å². The minimum Gasteiger partial charge on any atom is -0.454 e. The first-order chi connectivity index (χ1) is 15.0. The summed E-state index contributed by atoms with van der Waals surface area (Å²) in [5.41, 5.74) is 0.375. The fourth-order valence-corrected chi connectivity index (χ4v) is 2.81. The molecule has 1 amide bonds. The Bertz CT molecular complexity index is 956. The Hall–Kier alpha value is -3.63. The second kappa shape index (κ2) is 10.4. The van der Waals surface area contributed by atoms with Crippen LogP contribution in [0.5, 0.6) is 17.2 Å². The number of rotatable bonds is 8. The lowest BCUT2D eigenvalue weighted by Gasteiger charge is -2.15. The number of hydrogen-bond acceptors (Lipinski definition) is 5. The molecule has 2 aromatic rings. The van der Waals surface area contributed by atoms with Crippen molar-refractivity contribution in [3.05, 3.63) is 53.3 Å². The largest absolute Gasteiger partial charge is 0.454 e. The van der Waals surface area contributed by atoms with Crippen LogP contribution in [0.2, 0.25) is 0 Å². The highest BCUT2D eigenvalue weighted by atomic mass is 19.3. The number of amides is 1. The van der Waals surface area contributed by atoms with Gasteiger partial charge in [0.2, 0.25) is 6.79 Å². The van der Waals surface area contributed by atoms with Crippen molar-refractivity contribution in [2.24, 2.45) is 4.99 Å². The van der Waals surface area contributed by atoms with E-state index in [4.69, 9.17) is 9.47 Å². The third kappa shape index (κ3) is 5.93. The lowest BCUT2D eigenvalue weighted by atomic mass is 10.1. The first-order valence-electron chi connectivity index (χ1n) is 9.32. The normalized spacial score (nSPS) is 12.6. The van der Waals surface area contributed by atoms with E-state index in [9.17, 15) is 18.0 Å². The van der Waals surface area contributed by atoms with Crippen molar-refractivity contribution in [3.63, 3.8) is 0 Å². The molecule has 0 radical (unpaired) electrons. The van der Waals surface area contributed by atoms with Gasteiger partial charge in [-0.05, 0) is 18.2 Å². The van der Waals surface area contributed by atoms with Crippen LogP contribution in [0, 0.1) is 5.82 Å². The van der Waals surface area contributed by atoms with Gasteiger partial charge in [0.05, 0.1) is 5.56 Å². The monoisotopic (exact) mass is 438 g/mol. The second-order valence-electron chi connectivity index (χ2n) is 6.28. The Morgan fingerprint density at radius 2 is 1.84 bits per heavy atom. The SMILES string of the molecule is CN=C(NCCNC(=O)c1ccccc1F)NCc1cc2c(cc1OC(F)F)OCO2. The van der Waals surface area contributed by atoms with Crippen molar-refractivity contribution in [3.8, 4) is 17.2 Å². The molecule has 0 saturated heterocycles. The maximum Gasteiger partial charge on any atom is 0.387 e. The van der Waals surface area contributed by atoms with Crippen LogP contribution in [0.3, 0.4) is 0 Å². The number of hydrogen-bond donors (Lipinski definition) is 3. The molecular formula is C20H21F3N4O4. The quantitative estimate of drug-likeness (QED) is 0.333. The Morgan fingerprint density at radius 3 is 2.55 bits per heavy atom. The minimum atomic E-state index is -2.99. The molecule has 3 N–H and O–H groups in total. The zero-order valence-electron chi connectivity index (χ0n) is 16.6.